The molecule has 0 aromatic heterocycles. The van der Waals surface area contributed by atoms with Gasteiger partial charge in [-0.15, -0.1) is 0 Å². The molecule has 0 atom stereocenters. The summed E-state index contributed by atoms with van der Waals surface area (Å²) < 4.78 is 23.6. The standard InChI is InChI=1S/C16H10Cl2O2S/c17-12-8-9-16(21(18,19)20)15(10-12)14-7-3-5-11-4-1-2-6-13(11)14/h1-10H. The SMILES string of the molecule is O=S(=O)(Cl)c1ccc(Cl)cc1-c1cccc2ccccc12. The molecule has 3 aromatic rings. The van der Waals surface area contributed by atoms with Crippen molar-refractivity contribution in [1.29, 1.82) is 0 Å². The summed E-state index contributed by atoms with van der Waals surface area (Å²) >= 11 is 6.03. The zero-order chi connectivity index (χ0) is 15.0. The van der Waals surface area contributed by atoms with Crippen LogP contribution in [0.4, 0.5) is 0 Å². The van der Waals surface area contributed by atoms with E-state index < -0.39 is 9.05 Å². The molecule has 3 rings (SSSR count). The van der Waals surface area contributed by atoms with Crippen molar-refractivity contribution in [2.24, 2.45) is 0 Å². The van der Waals surface area contributed by atoms with Crippen LogP contribution in [0, 0.1) is 0 Å². The van der Waals surface area contributed by atoms with Gasteiger partial charge < -0.3 is 0 Å². The van der Waals surface area contributed by atoms with Crippen molar-refractivity contribution < 1.29 is 8.42 Å². The lowest BCUT2D eigenvalue weighted by Crippen LogP contribution is -1.95. The normalized spacial score (nSPS) is 11.7. The Bertz CT molecular complexity index is 929. The topological polar surface area (TPSA) is 34.1 Å². The maximum atomic E-state index is 11.8. The lowest BCUT2D eigenvalue weighted by molar-refractivity contribution is 0.610. The first-order valence-corrected chi connectivity index (χ1v) is 8.88. The second kappa shape index (κ2) is 5.34. The molecule has 3 aromatic carbocycles. The largest absolute Gasteiger partial charge is 0.261 e. The van der Waals surface area contributed by atoms with Crippen LogP contribution in [0.5, 0.6) is 0 Å². The Morgan fingerprint density at radius 2 is 1.52 bits per heavy atom. The molecule has 0 saturated heterocycles. The number of benzene rings is 3. The minimum Gasteiger partial charge on any atom is -0.207 e. The van der Waals surface area contributed by atoms with Crippen molar-refractivity contribution in [2.45, 2.75) is 4.90 Å². The molecule has 0 unspecified atom stereocenters. The fourth-order valence-corrected chi connectivity index (χ4v) is 3.62. The van der Waals surface area contributed by atoms with Crippen molar-refractivity contribution in [2.75, 3.05) is 0 Å². The van der Waals surface area contributed by atoms with Crippen molar-refractivity contribution >= 4 is 42.1 Å². The zero-order valence-corrected chi connectivity index (χ0v) is 13.1. The molecule has 0 saturated carbocycles. The minimum absolute atomic E-state index is 0.0601. The first kappa shape index (κ1) is 14.4. The quantitative estimate of drug-likeness (QED) is 0.611. The van der Waals surface area contributed by atoms with Crippen LogP contribution >= 0.6 is 22.3 Å². The van der Waals surface area contributed by atoms with Crippen molar-refractivity contribution in [3.63, 3.8) is 0 Å². The average molecular weight is 337 g/mol. The van der Waals surface area contributed by atoms with Crippen molar-refractivity contribution in [1.82, 2.24) is 0 Å². The van der Waals surface area contributed by atoms with E-state index in [4.69, 9.17) is 22.3 Å². The lowest BCUT2D eigenvalue weighted by Gasteiger charge is -2.11. The predicted octanol–water partition coefficient (Wildman–Crippen LogP) is 5.09. The maximum Gasteiger partial charge on any atom is 0.261 e. The molecule has 0 radical (unpaired) electrons. The van der Waals surface area contributed by atoms with Crippen LogP contribution in [0.2, 0.25) is 5.02 Å². The van der Waals surface area contributed by atoms with E-state index in [2.05, 4.69) is 0 Å². The molecule has 2 nitrogen and oxygen atoms in total. The highest BCUT2D eigenvalue weighted by molar-refractivity contribution is 8.13. The fraction of sp³-hybridized carbons (Fsp3) is 0. The van der Waals surface area contributed by atoms with Gasteiger partial charge in [-0.1, -0.05) is 54.1 Å². The van der Waals surface area contributed by atoms with E-state index >= 15 is 0 Å². The van der Waals surface area contributed by atoms with Crippen LogP contribution in [-0.4, -0.2) is 8.42 Å². The van der Waals surface area contributed by atoms with Crippen LogP contribution in [0.15, 0.2) is 65.6 Å². The number of fused-ring (bicyclic) bond motifs is 1. The summed E-state index contributed by atoms with van der Waals surface area (Å²) in [6, 6.07) is 18.0. The number of hydrogen-bond donors (Lipinski definition) is 0. The monoisotopic (exact) mass is 336 g/mol. The summed E-state index contributed by atoms with van der Waals surface area (Å²) in [5.74, 6) is 0. The Morgan fingerprint density at radius 1 is 0.810 bits per heavy atom. The third-order valence-corrected chi connectivity index (χ3v) is 4.90. The Morgan fingerprint density at radius 3 is 2.29 bits per heavy atom. The smallest absolute Gasteiger partial charge is 0.207 e. The van der Waals surface area contributed by atoms with Gasteiger partial charge in [-0.3, -0.25) is 0 Å². The van der Waals surface area contributed by atoms with E-state index in [-0.39, 0.29) is 4.90 Å². The minimum atomic E-state index is -3.85. The molecule has 0 aliphatic carbocycles. The summed E-state index contributed by atoms with van der Waals surface area (Å²) in [5.41, 5.74) is 1.30. The van der Waals surface area contributed by atoms with Crippen LogP contribution in [0.3, 0.4) is 0 Å². The highest BCUT2D eigenvalue weighted by Crippen LogP contribution is 2.36. The van der Waals surface area contributed by atoms with E-state index in [1.165, 1.54) is 12.1 Å². The molecule has 106 valence electrons. The Kier molecular flexibility index (Phi) is 3.66. The molecule has 0 bridgehead atoms. The van der Waals surface area contributed by atoms with Crippen LogP contribution in [0.1, 0.15) is 0 Å². The summed E-state index contributed by atoms with van der Waals surface area (Å²) in [5, 5.41) is 2.43. The Labute approximate surface area is 132 Å². The van der Waals surface area contributed by atoms with Gasteiger partial charge >= 0.3 is 0 Å². The van der Waals surface area contributed by atoms with Crippen molar-refractivity contribution in [3.05, 3.63) is 65.7 Å². The predicted molar refractivity (Wildman–Crippen MR) is 87.4 cm³/mol. The van der Waals surface area contributed by atoms with Gasteiger partial charge in [0, 0.05) is 21.3 Å². The molecule has 0 fully saturated rings. The molecular formula is C16H10Cl2O2S. The highest BCUT2D eigenvalue weighted by atomic mass is 35.7. The van der Waals surface area contributed by atoms with Gasteiger partial charge in [-0.2, -0.15) is 0 Å². The van der Waals surface area contributed by atoms with Crippen LogP contribution in [0.25, 0.3) is 21.9 Å². The van der Waals surface area contributed by atoms with Gasteiger partial charge in [0.25, 0.3) is 9.05 Å². The van der Waals surface area contributed by atoms with Crippen LogP contribution < -0.4 is 0 Å². The summed E-state index contributed by atoms with van der Waals surface area (Å²) in [6.45, 7) is 0. The number of rotatable bonds is 2. The molecule has 0 N–H and O–H groups in total. The molecule has 0 spiro atoms. The van der Waals surface area contributed by atoms with E-state index in [1.54, 1.807) is 6.07 Å². The highest BCUT2D eigenvalue weighted by Gasteiger charge is 2.18. The Hall–Kier alpha value is -1.55. The molecule has 0 heterocycles. The molecule has 0 aliphatic heterocycles. The van der Waals surface area contributed by atoms with Gasteiger partial charge in [0.2, 0.25) is 0 Å². The fourth-order valence-electron chi connectivity index (χ4n) is 2.39. The first-order valence-electron chi connectivity index (χ1n) is 6.19. The molecule has 0 amide bonds. The molecular weight excluding hydrogens is 327 g/mol. The Balaban J connectivity index is 2.41. The second-order valence-corrected chi connectivity index (χ2v) is 7.58. The van der Waals surface area contributed by atoms with Gasteiger partial charge in [-0.25, -0.2) is 8.42 Å². The maximum absolute atomic E-state index is 11.8. The van der Waals surface area contributed by atoms with Crippen molar-refractivity contribution in [3.8, 4) is 11.1 Å². The average Bonchev–Trinajstić information content (AvgIpc) is 2.45. The molecule has 0 aliphatic rings. The second-order valence-electron chi connectivity index (χ2n) is 4.61. The van der Waals surface area contributed by atoms with Gasteiger partial charge in [0.15, 0.2) is 0 Å². The van der Waals surface area contributed by atoms with Crippen LogP contribution in [-0.2, 0) is 9.05 Å². The van der Waals surface area contributed by atoms with Gasteiger partial charge in [0.05, 0.1) is 4.90 Å². The number of hydrogen-bond acceptors (Lipinski definition) is 2. The summed E-state index contributed by atoms with van der Waals surface area (Å²) in [4.78, 5) is 0.0601. The molecule has 5 heteroatoms. The third kappa shape index (κ3) is 2.77. The van der Waals surface area contributed by atoms with Gasteiger partial charge in [-0.05, 0) is 34.5 Å². The zero-order valence-electron chi connectivity index (χ0n) is 10.8. The summed E-state index contributed by atoms with van der Waals surface area (Å²) in [6.07, 6.45) is 0. The van der Waals surface area contributed by atoms with Gasteiger partial charge in [0.1, 0.15) is 0 Å². The molecule has 21 heavy (non-hydrogen) atoms. The van der Waals surface area contributed by atoms with E-state index in [0.29, 0.717) is 10.6 Å². The third-order valence-electron chi connectivity index (χ3n) is 3.28. The first-order chi connectivity index (χ1) is 9.97. The lowest BCUT2D eigenvalue weighted by atomic mass is 9.98. The van der Waals surface area contributed by atoms with E-state index in [0.717, 1.165) is 16.3 Å². The van der Waals surface area contributed by atoms with E-state index in [1.807, 2.05) is 42.5 Å². The number of halogens is 2. The van der Waals surface area contributed by atoms with E-state index in [9.17, 15) is 8.42 Å². The summed E-state index contributed by atoms with van der Waals surface area (Å²) in [7, 11) is 1.69.